The van der Waals surface area contributed by atoms with Gasteiger partial charge in [0.1, 0.15) is 0 Å². The summed E-state index contributed by atoms with van der Waals surface area (Å²) in [5.41, 5.74) is 0. The first-order chi connectivity index (χ1) is 7.97. The normalized spacial score (nSPS) is 14.9. The van der Waals surface area contributed by atoms with E-state index in [2.05, 4.69) is 22.4 Å². The average Bonchev–Trinajstić information content (AvgIpc) is 2.72. The van der Waals surface area contributed by atoms with Crippen molar-refractivity contribution in [3.05, 3.63) is 5.82 Å². The molecule has 96 valence electrons. The molecule has 0 aliphatic carbocycles. The van der Waals surface area contributed by atoms with Crippen LogP contribution in [0.5, 0.6) is 0 Å². The van der Waals surface area contributed by atoms with Crippen molar-refractivity contribution in [2.24, 2.45) is 5.92 Å². The van der Waals surface area contributed by atoms with Gasteiger partial charge in [0.05, 0.1) is 12.5 Å². The van der Waals surface area contributed by atoms with Crippen LogP contribution in [0.4, 0.5) is 0 Å². The third kappa shape index (κ3) is 3.25. The molecule has 1 heterocycles. The van der Waals surface area contributed by atoms with Gasteiger partial charge in [0, 0.05) is 5.92 Å². The highest BCUT2D eigenvalue weighted by molar-refractivity contribution is 5.67. The number of aliphatic carboxylic acids is 1. The van der Waals surface area contributed by atoms with Gasteiger partial charge in [-0.1, -0.05) is 27.7 Å². The molecule has 2 atom stereocenters. The second kappa shape index (κ2) is 5.75. The van der Waals surface area contributed by atoms with Crippen molar-refractivity contribution in [1.29, 1.82) is 0 Å². The van der Waals surface area contributed by atoms with E-state index < -0.39 is 5.97 Å². The van der Waals surface area contributed by atoms with E-state index in [-0.39, 0.29) is 24.3 Å². The molecule has 1 rings (SSSR count). The van der Waals surface area contributed by atoms with Crippen LogP contribution < -0.4 is 0 Å². The van der Waals surface area contributed by atoms with Crippen molar-refractivity contribution < 1.29 is 9.90 Å². The highest BCUT2D eigenvalue weighted by Gasteiger charge is 2.25. The number of carboxylic acids is 1. The molecule has 0 saturated carbocycles. The molecular formula is C11H20N4O2. The van der Waals surface area contributed by atoms with Crippen molar-refractivity contribution in [2.75, 3.05) is 0 Å². The van der Waals surface area contributed by atoms with Gasteiger partial charge in [0.2, 0.25) is 0 Å². The maximum absolute atomic E-state index is 10.9. The molecule has 0 aliphatic heterocycles. The molecular weight excluding hydrogens is 220 g/mol. The zero-order valence-corrected chi connectivity index (χ0v) is 10.8. The van der Waals surface area contributed by atoms with Gasteiger partial charge >= 0.3 is 5.97 Å². The monoisotopic (exact) mass is 240 g/mol. The molecule has 1 aromatic rings. The lowest BCUT2D eigenvalue weighted by atomic mass is 10.00. The third-order valence-corrected chi connectivity index (χ3v) is 3.04. The topological polar surface area (TPSA) is 80.9 Å². The minimum atomic E-state index is -0.825. The second-order valence-corrected chi connectivity index (χ2v) is 4.70. The van der Waals surface area contributed by atoms with Gasteiger partial charge in [-0.05, 0) is 22.8 Å². The first kappa shape index (κ1) is 13.6. The smallest absolute Gasteiger partial charge is 0.305 e. The van der Waals surface area contributed by atoms with Gasteiger partial charge in [-0.15, -0.1) is 5.10 Å². The number of aromatic nitrogens is 4. The van der Waals surface area contributed by atoms with Gasteiger partial charge in [-0.3, -0.25) is 4.79 Å². The number of hydrogen-bond acceptors (Lipinski definition) is 4. The molecule has 0 aromatic carbocycles. The van der Waals surface area contributed by atoms with Crippen LogP contribution >= 0.6 is 0 Å². The first-order valence-corrected chi connectivity index (χ1v) is 5.96. The fourth-order valence-corrected chi connectivity index (χ4v) is 1.73. The predicted molar refractivity (Wildman–Crippen MR) is 62.7 cm³/mol. The maximum atomic E-state index is 10.9. The van der Waals surface area contributed by atoms with Crippen LogP contribution in [0, 0.1) is 5.92 Å². The summed E-state index contributed by atoms with van der Waals surface area (Å²) in [7, 11) is 0. The number of nitrogens with zero attached hydrogens (tertiary/aromatic N) is 4. The molecule has 6 nitrogen and oxygen atoms in total. The summed E-state index contributed by atoms with van der Waals surface area (Å²) in [6, 6.07) is -0.188. The van der Waals surface area contributed by atoms with E-state index >= 15 is 0 Å². The summed E-state index contributed by atoms with van der Waals surface area (Å²) in [6.45, 7) is 8.07. The van der Waals surface area contributed by atoms with Gasteiger partial charge in [-0.25, -0.2) is 4.68 Å². The molecule has 17 heavy (non-hydrogen) atoms. The quantitative estimate of drug-likeness (QED) is 0.820. The van der Waals surface area contributed by atoms with Gasteiger partial charge in [-0.2, -0.15) is 0 Å². The van der Waals surface area contributed by atoms with E-state index in [1.165, 1.54) is 0 Å². The number of carboxylic acid groups (broad SMARTS) is 1. The minimum Gasteiger partial charge on any atom is -0.481 e. The molecule has 0 saturated heterocycles. The first-order valence-electron chi connectivity index (χ1n) is 5.96. The van der Waals surface area contributed by atoms with Crippen molar-refractivity contribution in [3.8, 4) is 0 Å². The Kier molecular flexibility index (Phi) is 4.60. The van der Waals surface area contributed by atoms with Crippen LogP contribution in [0.1, 0.15) is 58.3 Å². The van der Waals surface area contributed by atoms with E-state index in [1.54, 1.807) is 4.68 Å². The van der Waals surface area contributed by atoms with E-state index in [0.717, 1.165) is 12.2 Å². The zero-order valence-electron chi connectivity index (χ0n) is 10.8. The van der Waals surface area contributed by atoms with Gasteiger partial charge < -0.3 is 5.11 Å². The molecule has 6 heteroatoms. The lowest BCUT2D eigenvalue weighted by molar-refractivity contribution is -0.138. The summed E-state index contributed by atoms with van der Waals surface area (Å²) >= 11 is 0. The third-order valence-electron chi connectivity index (χ3n) is 3.04. The van der Waals surface area contributed by atoms with Crippen molar-refractivity contribution >= 4 is 5.97 Å². The lowest BCUT2D eigenvalue weighted by Crippen LogP contribution is -2.23. The van der Waals surface area contributed by atoms with Crippen molar-refractivity contribution in [1.82, 2.24) is 20.2 Å². The average molecular weight is 240 g/mol. The van der Waals surface area contributed by atoms with Crippen LogP contribution in [0.25, 0.3) is 0 Å². The van der Waals surface area contributed by atoms with Crippen molar-refractivity contribution in [3.63, 3.8) is 0 Å². The minimum absolute atomic E-state index is 0.0478. The molecule has 0 fully saturated rings. The summed E-state index contributed by atoms with van der Waals surface area (Å²) < 4.78 is 1.67. The fourth-order valence-electron chi connectivity index (χ4n) is 1.73. The second-order valence-electron chi connectivity index (χ2n) is 4.70. The van der Waals surface area contributed by atoms with E-state index in [4.69, 9.17) is 5.11 Å². The molecule has 1 aromatic heterocycles. The summed E-state index contributed by atoms with van der Waals surface area (Å²) in [5, 5.41) is 20.6. The molecule has 1 N–H and O–H groups in total. The molecule has 0 amide bonds. The number of tetrazole rings is 1. The van der Waals surface area contributed by atoms with Crippen LogP contribution in [0.15, 0.2) is 0 Å². The Morgan fingerprint density at radius 1 is 1.41 bits per heavy atom. The Morgan fingerprint density at radius 3 is 2.53 bits per heavy atom. The Morgan fingerprint density at radius 2 is 2.06 bits per heavy atom. The Balaban J connectivity index is 3.02. The largest absolute Gasteiger partial charge is 0.481 e. The SMILES string of the molecule is CCC(C)c1nnnn1C(CC(=O)O)C(C)C. The number of rotatable bonds is 6. The van der Waals surface area contributed by atoms with E-state index in [1.807, 2.05) is 20.8 Å². The van der Waals surface area contributed by atoms with Gasteiger partial charge in [0.25, 0.3) is 0 Å². The highest BCUT2D eigenvalue weighted by atomic mass is 16.4. The predicted octanol–water partition coefficient (Wildman–Crippen LogP) is 1.86. The van der Waals surface area contributed by atoms with Crippen molar-refractivity contribution in [2.45, 2.75) is 52.5 Å². The molecule has 0 bridgehead atoms. The molecule has 0 aliphatic rings. The zero-order chi connectivity index (χ0) is 13.0. The summed E-state index contributed by atoms with van der Waals surface area (Å²) in [6.07, 6.45) is 0.977. The number of hydrogen-bond donors (Lipinski definition) is 1. The molecule has 2 unspecified atom stereocenters. The van der Waals surface area contributed by atoms with Crippen LogP contribution in [-0.4, -0.2) is 31.3 Å². The van der Waals surface area contributed by atoms with E-state index in [9.17, 15) is 4.79 Å². The Labute approximate surface area is 101 Å². The summed E-state index contributed by atoms with van der Waals surface area (Å²) in [5.74, 6) is 0.360. The fraction of sp³-hybridized carbons (Fsp3) is 0.818. The summed E-state index contributed by atoms with van der Waals surface area (Å²) in [4.78, 5) is 10.9. The van der Waals surface area contributed by atoms with E-state index in [0.29, 0.717) is 0 Å². The van der Waals surface area contributed by atoms with Crippen LogP contribution in [-0.2, 0) is 4.79 Å². The van der Waals surface area contributed by atoms with Crippen LogP contribution in [0.3, 0.4) is 0 Å². The molecule has 0 spiro atoms. The Hall–Kier alpha value is -1.46. The molecule has 0 radical (unpaired) electrons. The van der Waals surface area contributed by atoms with Crippen LogP contribution in [0.2, 0.25) is 0 Å². The lowest BCUT2D eigenvalue weighted by Gasteiger charge is -2.21. The van der Waals surface area contributed by atoms with Gasteiger partial charge in [0.15, 0.2) is 5.82 Å². The standard InChI is InChI=1S/C11H20N4O2/c1-5-8(4)11-12-13-14-15(11)9(7(2)3)6-10(16)17/h7-9H,5-6H2,1-4H3,(H,16,17). The maximum Gasteiger partial charge on any atom is 0.305 e. The Bertz CT molecular complexity index is 375. The number of carbonyl (C=O) groups is 1. The highest BCUT2D eigenvalue weighted by Crippen LogP contribution is 2.25.